The summed E-state index contributed by atoms with van der Waals surface area (Å²) in [6, 6.07) is 3.13. The third-order valence-corrected chi connectivity index (χ3v) is 2.23. The van der Waals surface area contributed by atoms with Crippen molar-refractivity contribution in [1.82, 2.24) is 4.98 Å². The first-order chi connectivity index (χ1) is 7.49. The van der Waals surface area contributed by atoms with Crippen LogP contribution in [0, 0.1) is 12.8 Å². The molecule has 88 valence electrons. The molecule has 4 heteroatoms. The van der Waals surface area contributed by atoms with E-state index in [2.05, 4.69) is 10.3 Å². The summed E-state index contributed by atoms with van der Waals surface area (Å²) in [6.45, 7) is 5.97. The molecule has 0 fully saturated rings. The molecule has 0 aliphatic rings. The van der Waals surface area contributed by atoms with Crippen LogP contribution in [0.3, 0.4) is 0 Å². The van der Waals surface area contributed by atoms with Crippen molar-refractivity contribution in [3.63, 3.8) is 0 Å². The van der Waals surface area contributed by atoms with Gasteiger partial charge >= 0.3 is 0 Å². The van der Waals surface area contributed by atoms with Gasteiger partial charge in [-0.2, -0.15) is 0 Å². The molecule has 0 saturated carbocycles. The van der Waals surface area contributed by atoms with Gasteiger partial charge in [0.15, 0.2) is 0 Å². The smallest absolute Gasteiger partial charge is 0.241 e. The second-order valence-corrected chi connectivity index (χ2v) is 4.41. The molecular formula is C12H19N3O. The van der Waals surface area contributed by atoms with Crippen LogP contribution in [0.5, 0.6) is 0 Å². The summed E-state index contributed by atoms with van der Waals surface area (Å²) >= 11 is 0. The fourth-order valence-corrected chi connectivity index (χ4v) is 1.47. The number of nitrogens with one attached hydrogen (secondary N) is 1. The third kappa shape index (κ3) is 3.98. The summed E-state index contributed by atoms with van der Waals surface area (Å²) in [4.78, 5) is 15.8. The first-order valence-corrected chi connectivity index (χ1v) is 5.48. The van der Waals surface area contributed by atoms with Crippen LogP contribution in [0.25, 0.3) is 0 Å². The van der Waals surface area contributed by atoms with Crippen LogP contribution in [0.2, 0.25) is 0 Å². The molecule has 0 aliphatic heterocycles. The normalized spacial score (nSPS) is 12.6. The predicted molar refractivity (Wildman–Crippen MR) is 65.0 cm³/mol. The van der Waals surface area contributed by atoms with E-state index in [1.807, 2.05) is 26.8 Å². The number of nitrogens with two attached hydrogens (primary N) is 1. The minimum absolute atomic E-state index is 0.140. The van der Waals surface area contributed by atoms with Crippen molar-refractivity contribution in [3.8, 4) is 0 Å². The third-order valence-electron chi connectivity index (χ3n) is 2.23. The zero-order chi connectivity index (χ0) is 12.1. The lowest BCUT2D eigenvalue weighted by Gasteiger charge is -2.14. The number of aryl methyl sites for hydroxylation is 1. The van der Waals surface area contributed by atoms with Crippen molar-refractivity contribution in [2.45, 2.75) is 33.2 Å². The van der Waals surface area contributed by atoms with Crippen LogP contribution in [0.15, 0.2) is 18.3 Å². The number of carbonyl (C=O) groups is 1. The first kappa shape index (κ1) is 12.6. The molecule has 1 aromatic heterocycles. The van der Waals surface area contributed by atoms with Crippen LogP contribution < -0.4 is 11.1 Å². The quantitative estimate of drug-likeness (QED) is 0.813. The number of carbonyl (C=O) groups excluding carboxylic acids is 1. The van der Waals surface area contributed by atoms with Crippen LogP contribution in [0.1, 0.15) is 26.0 Å². The van der Waals surface area contributed by atoms with Gasteiger partial charge in [0.25, 0.3) is 0 Å². The van der Waals surface area contributed by atoms with E-state index in [1.165, 1.54) is 0 Å². The zero-order valence-electron chi connectivity index (χ0n) is 10.0. The highest BCUT2D eigenvalue weighted by atomic mass is 16.2. The Morgan fingerprint density at radius 2 is 2.25 bits per heavy atom. The average Bonchev–Trinajstić information content (AvgIpc) is 2.16. The second kappa shape index (κ2) is 5.61. The van der Waals surface area contributed by atoms with E-state index in [9.17, 15) is 4.79 Å². The SMILES string of the molecule is Cc1cc(NC(=O)[C@H](N)CC(C)C)ccn1. The number of anilines is 1. The Labute approximate surface area is 96.3 Å². The molecule has 0 unspecified atom stereocenters. The molecule has 0 radical (unpaired) electrons. The number of aromatic nitrogens is 1. The lowest BCUT2D eigenvalue weighted by atomic mass is 10.0. The summed E-state index contributed by atoms with van der Waals surface area (Å²) in [6.07, 6.45) is 2.36. The first-order valence-electron chi connectivity index (χ1n) is 5.48. The van der Waals surface area contributed by atoms with Gasteiger partial charge in [-0.1, -0.05) is 13.8 Å². The number of hydrogen-bond donors (Lipinski definition) is 2. The van der Waals surface area contributed by atoms with E-state index in [4.69, 9.17) is 5.73 Å². The van der Waals surface area contributed by atoms with Crippen molar-refractivity contribution < 1.29 is 4.79 Å². The number of amides is 1. The van der Waals surface area contributed by atoms with Gasteiger partial charge < -0.3 is 11.1 Å². The van der Waals surface area contributed by atoms with E-state index in [-0.39, 0.29) is 5.91 Å². The fraction of sp³-hybridized carbons (Fsp3) is 0.500. The largest absolute Gasteiger partial charge is 0.325 e. The predicted octanol–water partition coefficient (Wildman–Crippen LogP) is 1.70. The van der Waals surface area contributed by atoms with Gasteiger partial charge in [0.2, 0.25) is 5.91 Å². The molecular weight excluding hydrogens is 202 g/mol. The van der Waals surface area contributed by atoms with Gasteiger partial charge in [0.1, 0.15) is 0 Å². The summed E-state index contributed by atoms with van der Waals surface area (Å²) in [7, 11) is 0. The average molecular weight is 221 g/mol. The highest BCUT2D eigenvalue weighted by Crippen LogP contribution is 2.09. The van der Waals surface area contributed by atoms with Crippen molar-refractivity contribution in [1.29, 1.82) is 0 Å². The van der Waals surface area contributed by atoms with Crippen molar-refractivity contribution in [2.75, 3.05) is 5.32 Å². The van der Waals surface area contributed by atoms with Gasteiger partial charge in [-0.3, -0.25) is 9.78 Å². The number of nitrogens with zero attached hydrogens (tertiary/aromatic N) is 1. The van der Waals surface area contributed by atoms with Gasteiger partial charge in [-0.25, -0.2) is 0 Å². The molecule has 1 rings (SSSR count). The Morgan fingerprint density at radius 3 is 2.81 bits per heavy atom. The van der Waals surface area contributed by atoms with E-state index in [0.29, 0.717) is 12.3 Å². The number of hydrogen-bond acceptors (Lipinski definition) is 3. The standard InChI is InChI=1S/C12H19N3O/c1-8(2)6-11(13)12(16)15-10-4-5-14-9(3)7-10/h4-5,7-8,11H,6,13H2,1-3H3,(H,14,15,16)/t11-/m1/s1. The molecule has 0 aromatic carbocycles. The van der Waals surface area contributed by atoms with Crippen LogP contribution in [-0.2, 0) is 4.79 Å². The van der Waals surface area contributed by atoms with Crippen LogP contribution in [-0.4, -0.2) is 16.9 Å². The van der Waals surface area contributed by atoms with Gasteiger partial charge in [-0.15, -0.1) is 0 Å². The lowest BCUT2D eigenvalue weighted by molar-refractivity contribution is -0.117. The Bertz CT molecular complexity index is 363. The molecule has 0 bridgehead atoms. The summed E-state index contributed by atoms with van der Waals surface area (Å²) in [5.74, 6) is 0.277. The Balaban J connectivity index is 2.57. The fourth-order valence-electron chi connectivity index (χ4n) is 1.47. The highest BCUT2D eigenvalue weighted by Gasteiger charge is 2.14. The summed E-state index contributed by atoms with van der Waals surface area (Å²) < 4.78 is 0. The molecule has 16 heavy (non-hydrogen) atoms. The van der Waals surface area contributed by atoms with E-state index < -0.39 is 6.04 Å². The summed E-state index contributed by atoms with van der Waals surface area (Å²) in [5.41, 5.74) is 7.39. The molecule has 1 aromatic rings. The molecule has 3 N–H and O–H groups in total. The Kier molecular flexibility index (Phi) is 4.43. The number of pyridine rings is 1. The molecule has 1 amide bonds. The second-order valence-electron chi connectivity index (χ2n) is 4.41. The molecule has 1 heterocycles. The minimum Gasteiger partial charge on any atom is -0.325 e. The maximum atomic E-state index is 11.7. The minimum atomic E-state index is -0.450. The van der Waals surface area contributed by atoms with Crippen LogP contribution >= 0.6 is 0 Å². The summed E-state index contributed by atoms with van der Waals surface area (Å²) in [5, 5.41) is 2.78. The van der Waals surface area contributed by atoms with Gasteiger partial charge in [0.05, 0.1) is 6.04 Å². The molecule has 0 spiro atoms. The van der Waals surface area contributed by atoms with Crippen molar-refractivity contribution in [2.24, 2.45) is 11.7 Å². The van der Waals surface area contributed by atoms with E-state index >= 15 is 0 Å². The Hall–Kier alpha value is -1.42. The van der Waals surface area contributed by atoms with Gasteiger partial charge in [0, 0.05) is 17.6 Å². The van der Waals surface area contributed by atoms with Crippen molar-refractivity contribution >= 4 is 11.6 Å². The molecule has 4 nitrogen and oxygen atoms in total. The van der Waals surface area contributed by atoms with E-state index in [0.717, 1.165) is 11.4 Å². The highest BCUT2D eigenvalue weighted by molar-refractivity contribution is 5.94. The molecule has 0 aliphatic carbocycles. The molecule has 1 atom stereocenters. The monoisotopic (exact) mass is 221 g/mol. The molecule has 0 saturated heterocycles. The maximum Gasteiger partial charge on any atom is 0.241 e. The topological polar surface area (TPSA) is 68.0 Å². The van der Waals surface area contributed by atoms with Gasteiger partial charge in [-0.05, 0) is 31.4 Å². The Morgan fingerprint density at radius 1 is 1.56 bits per heavy atom. The zero-order valence-corrected chi connectivity index (χ0v) is 10.0. The maximum absolute atomic E-state index is 11.7. The van der Waals surface area contributed by atoms with E-state index in [1.54, 1.807) is 12.3 Å². The number of rotatable bonds is 4. The lowest BCUT2D eigenvalue weighted by Crippen LogP contribution is -2.36. The van der Waals surface area contributed by atoms with Crippen molar-refractivity contribution in [3.05, 3.63) is 24.0 Å². The van der Waals surface area contributed by atoms with Crippen LogP contribution in [0.4, 0.5) is 5.69 Å².